The van der Waals surface area contributed by atoms with E-state index in [1.54, 1.807) is 5.56 Å². The van der Waals surface area contributed by atoms with Crippen molar-refractivity contribution >= 4 is 0 Å². The smallest absolute Gasteiger partial charge is 0.114 e. The van der Waals surface area contributed by atoms with Crippen molar-refractivity contribution in [2.75, 3.05) is 20.6 Å². The van der Waals surface area contributed by atoms with Gasteiger partial charge in [-0.15, -0.1) is 0 Å². The first kappa shape index (κ1) is 34.5. The van der Waals surface area contributed by atoms with Gasteiger partial charge in [0, 0.05) is 12.0 Å². The van der Waals surface area contributed by atoms with Crippen LogP contribution in [0.2, 0.25) is 0 Å². The molecule has 0 N–H and O–H groups in total. The third-order valence-corrected chi connectivity index (χ3v) is 7.95. The summed E-state index contributed by atoms with van der Waals surface area (Å²) in [4.78, 5) is 0. The molecule has 1 atom stereocenters. The summed E-state index contributed by atoms with van der Waals surface area (Å²) in [6.45, 7) is 5.92. The number of halogens is 1. The van der Waals surface area contributed by atoms with E-state index in [-0.39, 0.29) is 12.4 Å². The van der Waals surface area contributed by atoms with Crippen LogP contribution in [-0.4, -0.2) is 25.1 Å². The predicted molar refractivity (Wildman–Crippen MR) is 154 cm³/mol. The Bertz CT molecular complexity index is 541. The summed E-state index contributed by atoms with van der Waals surface area (Å²) >= 11 is 0. The summed E-state index contributed by atoms with van der Waals surface area (Å²) in [5, 5.41) is 0. The van der Waals surface area contributed by atoms with Crippen molar-refractivity contribution in [3.05, 3.63) is 35.9 Å². The molecule has 0 saturated heterocycles. The van der Waals surface area contributed by atoms with Crippen molar-refractivity contribution < 1.29 is 16.9 Å². The molecule has 0 heterocycles. The van der Waals surface area contributed by atoms with Gasteiger partial charge in [-0.25, -0.2) is 0 Å². The van der Waals surface area contributed by atoms with Crippen LogP contribution >= 0.6 is 0 Å². The Hall–Kier alpha value is -0.530. The van der Waals surface area contributed by atoms with Crippen molar-refractivity contribution in [1.29, 1.82) is 0 Å². The van der Waals surface area contributed by atoms with Crippen molar-refractivity contribution in [3.8, 4) is 0 Å². The van der Waals surface area contributed by atoms with E-state index in [1.807, 2.05) is 0 Å². The molecule has 1 aromatic rings. The Labute approximate surface area is 227 Å². The number of nitrogens with zero attached hydrogens (tertiary/aromatic N) is 1. The van der Waals surface area contributed by atoms with Crippen LogP contribution in [0.5, 0.6) is 0 Å². The number of benzene rings is 1. The number of hydrogen-bond acceptors (Lipinski definition) is 0. The van der Waals surface area contributed by atoms with E-state index >= 15 is 0 Å². The lowest BCUT2D eigenvalue weighted by atomic mass is 9.96. The van der Waals surface area contributed by atoms with Crippen molar-refractivity contribution in [3.63, 3.8) is 0 Å². The highest BCUT2D eigenvalue weighted by molar-refractivity contribution is 5.17. The van der Waals surface area contributed by atoms with Crippen molar-refractivity contribution in [2.45, 2.75) is 155 Å². The second-order valence-corrected chi connectivity index (χ2v) is 11.6. The van der Waals surface area contributed by atoms with Gasteiger partial charge in [-0.3, -0.25) is 0 Å². The van der Waals surface area contributed by atoms with Crippen LogP contribution in [0.4, 0.5) is 0 Å². The van der Waals surface area contributed by atoms with Gasteiger partial charge < -0.3 is 16.9 Å². The molecule has 0 saturated carbocycles. The van der Waals surface area contributed by atoms with E-state index < -0.39 is 0 Å². The largest absolute Gasteiger partial charge is 1.00 e. The fourth-order valence-corrected chi connectivity index (χ4v) is 5.58. The van der Waals surface area contributed by atoms with Crippen LogP contribution in [0.25, 0.3) is 0 Å². The lowest BCUT2D eigenvalue weighted by molar-refractivity contribution is -0.921. The van der Waals surface area contributed by atoms with Gasteiger partial charge in [-0.2, -0.15) is 0 Å². The van der Waals surface area contributed by atoms with E-state index in [9.17, 15) is 0 Å². The number of unbranched alkanes of at least 4 members (excludes halogenated alkanes) is 18. The fourth-order valence-electron chi connectivity index (χ4n) is 5.58. The topological polar surface area (TPSA) is 0 Å². The Kier molecular flexibility index (Phi) is 23.5. The Balaban J connectivity index is 0.0000116. The summed E-state index contributed by atoms with van der Waals surface area (Å²) in [5.74, 6) is 0. The van der Waals surface area contributed by atoms with Crippen LogP contribution in [0.1, 0.15) is 160 Å². The average Bonchev–Trinajstić information content (AvgIpc) is 2.84. The summed E-state index contributed by atoms with van der Waals surface area (Å²) < 4.78 is 1.15. The Morgan fingerprint density at radius 1 is 0.514 bits per heavy atom. The molecular formula is C33H62ClN. The molecular weight excluding hydrogens is 446 g/mol. The minimum atomic E-state index is 0. The van der Waals surface area contributed by atoms with Gasteiger partial charge in [0.1, 0.15) is 6.04 Å². The van der Waals surface area contributed by atoms with Gasteiger partial charge in [0.2, 0.25) is 0 Å². The van der Waals surface area contributed by atoms with E-state index in [1.165, 1.54) is 141 Å². The standard InChI is InChI=1S/C33H62N.ClH/c1-5-7-9-11-13-15-17-19-21-26-30-33(32-28-24-23-25-29-32)34(3,4)31-27-22-20-18-16-14-12-10-8-6-2;/h23-25,28-29,33H,5-22,26-27,30-31H2,1-4H3;1H/q+1;/p-1. The Morgan fingerprint density at radius 2 is 0.886 bits per heavy atom. The van der Waals surface area contributed by atoms with Gasteiger partial charge in [-0.1, -0.05) is 153 Å². The first-order chi connectivity index (χ1) is 16.6. The summed E-state index contributed by atoms with van der Waals surface area (Å²) in [5.41, 5.74) is 1.55. The van der Waals surface area contributed by atoms with E-state index in [0.717, 1.165) is 4.48 Å². The van der Waals surface area contributed by atoms with E-state index in [4.69, 9.17) is 0 Å². The fraction of sp³-hybridized carbons (Fsp3) is 0.818. The third-order valence-electron chi connectivity index (χ3n) is 7.95. The molecule has 0 amide bonds. The zero-order chi connectivity index (χ0) is 24.7. The molecule has 1 rings (SSSR count). The molecule has 0 radical (unpaired) electrons. The second-order valence-electron chi connectivity index (χ2n) is 11.6. The molecule has 1 unspecified atom stereocenters. The molecule has 0 aromatic heterocycles. The van der Waals surface area contributed by atoms with E-state index in [0.29, 0.717) is 6.04 Å². The van der Waals surface area contributed by atoms with Gasteiger partial charge >= 0.3 is 0 Å². The van der Waals surface area contributed by atoms with Crippen LogP contribution < -0.4 is 12.4 Å². The number of quaternary nitrogens is 1. The van der Waals surface area contributed by atoms with Crippen molar-refractivity contribution in [1.82, 2.24) is 0 Å². The summed E-state index contributed by atoms with van der Waals surface area (Å²) in [6.07, 6.45) is 29.9. The lowest BCUT2D eigenvalue weighted by Gasteiger charge is -2.39. The quantitative estimate of drug-likeness (QED) is 0.0980. The molecule has 0 aliphatic heterocycles. The number of rotatable bonds is 24. The molecule has 1 aromatic carbocycles. The highest BCUT2D eigenvalue weighted by Crippen LogP contribution is 2.31. The number of hydrogen-bond donors (Lipinski definition) is 0. The SMILES string of the molecule is CCCCCCCCCCCCC(c1ccccc1)[N+](C)(C)CCCCCCCCCCCC.[Cl-]. The highest BCUT2D eigenvalue weighted by atomic mass is 35.5. The third kappa shape index (κ3) is 18.4. The zero-order valence-electron chi connectivity index (χ0n) is 24.3. The molecule has 0 bridgehead atoms. The summed E-state index contributed by atoms with van der Waals surface area (Å²) in [6, 6.07) is 12.0. The zero-order valence-corrected chi connectivity index (χ0v) is 25.1. The van der Waals surface area contributed by atoms with Crippen LogP contribution in [-0.2, 0) is 0 Å². The predicted octanol–water partition coefficient (Wildman–Crippen LogP) is 8.04. The van der Waals surface area contributed by atoms with Gasteiger partial charge in [0.05, 0.1) is 20.6 Å². The maximum Gasteiger partial charge on any atom is 0.114 e. The molecule has 0 aliphatic carbocycles. The molecule has 206 valence electrons. The van der Waals surface area contributed by atoms with Crippen molar-refractivity contribution in [2.24, 2.45) is 0 Å². The molecule has 2 heteroatoms. The van der Waals surface area contributed by atoms with E-state index in [2.05, 4.69) is 58.3 Å². The highest BCUT2D eigenvalue weighted by Gasteiger charge is 2.28. The second kappa shape index (κ2) is 23.8. The van der Waals surface area contributed by atoms with Gasteiger partial charge in [0.25, 0.3) is 0 Å². The maximum atomic E-state index is 2.49. The normalized spacial score (nSPS) is 12.5. The monoisotopic (exact) mass is 507 g/mol. The molecule has 1 nitrogen and oxygen atoms in total. The molecule has 0 spiro atoms. The first-order valence-corrected chi connectivity index (χ1v) is 15.5. The molecule has 35 heavy (non-hydrogen) atoms. The van der Waals surface area contributed by atoms with Gasteiger partial charge in [0.15, 0.2) is 0 Å². The minimum Gasteiger partial charge on any atom is -1.00 e. The summed E-state index contributed by atoms with van der Waals surface area (Å²) in [7, 11) is 4.98. The maximum absolute atomic E-state index is 2.49. The van der Waals surface area contributed by atoms with Gasteiger partial charge in [-0.05, 0) is 19.3 Å². The Morgan fingerprint density at radius 3 is 1.31 bits per heavy atom. The average molecular weight is 508 g/mol. The lowest BCUT2D eigenvalue weighted by Crippen LogP contribution is -3.00. The minimum absolute atomic E-state index is 0. The van der Waals surface area contributed by atoms with Crippen LogP contribution in [0.15, 0.2) is 30.3 Å². The molecule has 0 aliphatic rings. The first-order valence-electron chi connectivity index (χ1n) is 15.5. The van der Waals surface area contributed by atoms with Crippen LogP contribution in [0, 0.1) is 0 Å². The molecule has 0 fully saturated rings. The van der Waals surface area contributed by atoms with Crippen LogP contribution in [0.3, 0.4) is 0 Å².